The highest BCUT2D eigenvalue weighted by Crippen LogP contribution is 2.04. The molecule has 0 heterocycles. The molecule has 1 atom stereocenters. The lowest BCUT2D eigenvalue weighted by atomic mass is 10.2. The molecule has 3 nitrogen and oxygen atoms in total. The van der Waals surface area contributed by atoms with E-state index >= 15 is 0 Å². The maximum atomic E-state index is 10.4. The van der Waals surface area contributed by atoms with E-state index in [2.05, 4.69) is 0 Å². The molecule has 0 saturated heterocycles. The van der Waals surface area contributed by atoms with Gasteiger partial charge in [0, 0.05) is 17.5 Å². The van der Waals surface area contributed by atoms with Crippen LogP contribution in [0.3, 0.4) is 0 Å². The van der Waals surface area contributed by atoms with Crippen LogP contribution in [0.4, 0.5) is 0 Å². The summed E-state index contributed by atoms with van der Waals surface area (Å²) in [5.74, 6) is 0.971. The summed E-state index contributed by atoms with van der Waals surface area (Å²) in [4.78, 5) is 10.4. The molecule has 4 heteroatoms. The molecule has 0 bridgehead atoms. The molecule has 0 rings (SSSR count). The van der Waals surface area contributed by atoms with E-state index in [0.29, 0.717) is 5.88 Å². The van der Waals surface area contributed by atoms with Crippen LogP contribution in [0.25, 0.3) is 0 Å². The van der Waals surface area contributed by atoms with E-state index in [9.17, 15) is 4.79 Å². The van der Waals surface area contributed by atoms with E-state index < -0.39 is 0 Å². The topological polar surface area (TPSA) is 69.1 Å². The van der Waals surface area contributed by atoms with Gasteiger partial charge in [-0.15, -0.1) is 11.8 Å². The summed E-state index contributed by atoms with van der Waals surface area (Å²) in [5.41, 5.74) is 10.2. The van der Waals surface area contributed by atoms with Crippen molar-refractivity contribution in [2.45, 2.75) is 6.92 Å². The van der Waals surface area contributed by atoms with E-state index in [1.54, 1.807) is 6.92 Å². The summed E-state index contributed by atoms with van der Waals surface area (Å²) in [6.45, 7) is 1.80. The first-order valence-electron chi connectivity index (χ1n) is 2.75. The molecular weight excluding hydrogens is 136 g/mol. The van der Waals surface area contributed by atoms with Gasteiger partial charge in [-0.3, -0.25) is 4.79 Å². The van der Waals surface area contributed by atoms with Crippen molar-refractivity contribution in [3.63, 3.8) is 0 Å². The second kappa shape index (κ2) is 4.64. The summed E-state index contributed by atoms with van der Waals surface area (Å²) >= 11 is 1.52. The maximum Gasteiger partial charge on any atom is 0.221 e. The van der Waals surface area contributed by atoms with Gasteiger partial charge in [0.05, 0.1) is 0 Å². The number of amides is 1. The molecule has 1 unspecified atom stereocenters. The van der Waals surface area contributed by atoms with Gasteiger partial charge in [-0.1, -0.05) is 6.92 Å². The number of carbonyl (C=O) groups is 1. The predicted molar refractivity (Wildman–Crippen MR) is 39.9 cm³/mol. The van der Waals surface area contributed by atoms with Crippen molar-refractivity contribution in [1.82, 2.24) is 0 Å². The van der Waals surface area contributed by atoms with Gasteiger partial charge in [0.25, 0.3) is 0 Å². The first kappa shape index (κ1) is 8.78. The number of rotatable bonds is 4. The molecule has 0 aromatic heterocycles. The van der Waals surface area contributed by atoms with Crippen molar-refractivity contribution in [2.75, 3.05) is 11.6 Å². The Morgan fingerprint density at radius 2 is 2.33 bits per heavy atom. The normalized spacial score (nSPS) is 13.1. The van der Waals surface area contributed by atoms with Crippen molar-refractivity contribution in [3.8, 4) is 0 Å². The number of hydrogen-bond donors (Lipinski definition) is 2. The number of carbonyl (C=O) groups excluding carboxylic acids is 1. The van der Waals surface area contributed by atoms with Gasteiger partial charge in [-0.2, -0.15) is 0 Å². The van der Waals surface area contributed by atoms with Crippen molar-refractivity contribution >= 4 is 17.7 Å². The van der Waals surface area contributed by atoms with Gasteiger partial charge in [-0.05, 0) is 0 Å². The lowest BCUT2D eigenvalue weighted by Gasteiger charge is -2.03. The maximum absolute atomic E-state index is 10.4. The Balaban J connectivity index is 3.27. The number of hydrogen-bond acceptors (Lipinski definition) is 3. The first-order valence-corrected chi connectivity index (χ1v) is 3.91. The van der Waals surface area contributed by atoms with Crippen molar-refractivity contribution in [3.05, 3.63) is 0 Å². The minimum absolute atomic E-state index is 0.0569. The van der Waals surface area contributed by atoms with Crippen molar-refractivity contribution < 1.29 is 4.79 Å². The Hall–Kier alpha value is -0.220. The van der Waals surface area contributed by atoms with Gasteiger partial charge in [0.2, 0.25) is 5.91 Å². The summed E-state index contributed by atoms with van der Waals surface area (Å²) < 4.78 is 0. The lowest BCUT2D eigenvalue weighted by molar-refractivity contribution is -0.120. The first-order chi connectivity index (χ1) is 4.18. The fourth-order valence-corrected chi connectivity index (χ4v) is 0.981. The second-order valence-corrected chi connectivity index (χ2v) is 2.92. The average molecular weight is 148 g/mol. The Morgan fingerprint density at radius 3 is 2.67 bits per heavy atom. The Bertz CT molecular complexity index is 97.0. The Kier molecular flexibility index (Phi) is 4.53. The predicted octanol–water partition coefficient (Wildman–Crippen LogP) is -0.243. The van der Waals surface area contributed by atoms with Crippen LogP contribution in [0.2, 0.25) is 0 Å². The average Bonchev–Trinajstić information content (AvgIpc) is 1.82. The number of thioether (sulfide) groups is 1. The molecule has 9 heavy (non-hydrogen) atoms. The molecule has 1 amide bonds. The Labute approximate surface area is 59.2 Å². The molecule has 0 aliphatic rings. The fraction of sp³-hybridized carbons (Fsp3) is 0.800. The quantitative estimate of drug-likeness (QED) is 0.540. The molecule has 0 aliphatic carbocycles. The van der Waals surface area contributed by atoms with E-state index in [0.717, 1.165) is 5.75 Å². The summed E-state index contributed by atoms with van der Waals surface area (Å²) in [7, 11) is 0. The molecule has 0 aromatic carbocycles. The standard InChI is InChI=1S/C5H12N2OS/c1-4(5(7)8)2-9-3-6/h4H,2-3,6H2,1H3,(H2,7,8). The molecule has 0 saturated carbocycles. The molecule has 0 aromatic rings. The fourth-order valence-electron chi connectivity index (χ4n) is 0.327. The highest BCUT2D eigenvalue weighted by Gasteiger charge is 2.06. The molecule has 0 aliphatic heterocycles. The van der Waals surface area contributed by atoms with Crippen LogP contribution < -0.4 is 11.5 Å². The van der Waals surface area contributed by atoms with Crippen LogP contribution in [-0.2, 0) is 4.79 Å². The van der Waals surface area contributed by atoms with Gasteiger partial charge >= 0.3 is 0 Å². The smallest absolute Gasteiger partial charge is 0.221 e. The second-order valence-electron chi connectivity index (χ2n) is 1.84. The van der Waals surface area contributed by atoms with Gasteiger partial charge in [0.15, 0.2) is 0 Å². The number of nitrogens with two attached hydrogens (primary N) is 2. The van der Waals surface area contributed by atoms with Crippen LogP contribution in [0, 0.1) is 5.92 Å². The van der Waals surface area contributed by atoms with E-state index in [1.807, 2.05) is 0 Å². The largest absolute Gasteiger partial charge is 0.369 e. The molecule has 0 radical (unpaired) electrons. The van der Waals surface area contributed by atoms with Crippen molar-refractivity contribution in [2.24, 2.45) is 17.4 Å². The molecule has 4 N–H and O–H groups in total. The van der Waals surface area contributed by atoms with Gasteiger partial charge in [-0.25, -0.2) is 0 Å². The zero-order valence-electron chi connectivity index (χ0n) is 5.46. The van der Waals surface area contributed by atoms with E-state index in [-0.39, 0.29) is 11.8 Å². The lowest BCUT2D eigenvalue weighted by Crippen LogP contribution is -2.22. The minimum Gasteiger partial charge on any atom is -0.369 e. The minimum atomic E-state index is -0.254. The van der Waals surface area contributed by atoms with Gasteiger partial charge < -0.3 is 11.5 Å². The highest BCUT2D eigenvalue weighted by molar-refractivity contribution is 7.99. The number of primary amides is 1. The highest BCUT2D eigenvalue weighted by atomic mass is 32.2. The third-order valence-corrected chi connectivity index (χ3v) is 1.94. The zero-order valence-corrected chi connectivity index (χ0v) is 6.28. The molecule has 54 valence electrons. The van der Waals surface area contributed by atoms with Crippen LogP contribution in [0.15, 0.2) is 0 Å². The van der Waals surface area contributed by atoms with Crippen LogP contribution >= 0.6 is 11.8 Å². The SMILES string of the molecule is CC(CSCN)C(N)=O. The van der Waals surface area contributed by atoms with Gasteiger partial charge in [0.1, 0.15) is 0 Å². The monoisotopic (exact) mass is 148 g/mol. The summed E-state index contributed by atoms with van der Waals surface area (Å²) in [5, 5.41) is 0. The van der Waals surface area contributed by atoms with Crippen molar-refractivity contribution in [1.29, 1.82) is 0 Å². The third kappa shape index (κ3) is 4.29. The van der Waals surface area contributed by atoms with E-state index in [1.165, 1.54) is 11.8 Å². The Morgan fingerprint density at radius 1 is 1.78 bits per heavy atom. The molecule has 0 spiro atoms. The van der Waals surface area contributed by atoms with E-state index in [4.69, 9.17) is 11.5 Å². The third-order valence-electron chi connectivity index (χ3n) is 0.971. The molecule has 0 fully saturated rings. The van der Waals surface area contributed by atoms with Crippen LogP contribution in [0.1, 0.15) is 6.92 Å². The van der Waals surface area contributed by atoms with Crippen LogP contribution in [0.5, 0.6) is 0 Å². The summed E-state index contributed by atoms with van der Waals surface area (Å²) in [6, 6.07) is 0. The zero-order chi connectivity index (χ0) is 7.28. The summed E-state index contributed by atoms with van der Waals surface area (Å²) in [6.07, 6.45) is 0. The molecular formula is C5H12N2OS. The van der Waals surface area contributed by atoms with Crippen LogP contribution in [-0.4, -0.2) is 17.5 Å².